The third-order valence-corrected chi connectivity index (χ3v) is 2.97. The van der Waals surface area contributed by atoms with Crippen LogP contribution in [0.15, 0.2) is 41.6 Å². The Labute approximate surface area is 129 Å². The van der Waals surface area contributed by atoms with Gasteiger partial charge in [0.05, 0.1) is 23.9 Å². The summed E-state index contributed by atoms with van der Waals surface area (Å²) >= 11 is 5.75. The topological polar surface area (TPSA) is 46.5 Å². The second-order valence-corrected chi connectivity index (χ2v) is 4.57. The molecule has 0 aliphatic heterocycles. The molecule has 2 aromatic rings. The summed E-state index contributed by atoms with van der Waals surface area (Å²) in [6.07, 6.45) is -2.35. The number of pyridine rings is 1. The summed E-state index contributed by atoms with van der Waals surface area (Å²) in [4.78, 5) is 3.61. The number of hydrogen-bond acceptors (Lipinski definition) is 4. The monoisotopic (exact) mass is 329 g/mol. The predicted molar refractivity (Wildman–Crippen MR) is 78.5 cm³/mol. The Morgan fingerprint density at radius 2 is 2.05 bits per heavy atom. The van der Waals surface area contributed by atoms with Crippen LogP contribution in [-0.4, -0.2) is 18.3 Å². The van der Waals surface area contributed by atoms with Crippen LogP contribution in [0.1, 0.15) is 11.1 Å². The van der Waals surface area contributed by atoms with Gasteiger partial charge in [0.15, 0.2) is 5.82 Å². The lowest BCUT2D eigenvalue weighted by molar-refractivity contribution is -0.137. The number of methoxy groups -OCH3 is 1. The van der Waals surface area contributed by atoms with Crippen LogP contribution in [0.4, 0.5) is 19.0 Å². The summed E-state index contributed by atoms with van der Waals surface area (Å²) in [6, 6.07) is 7.91. The van der Waals surface area contributed by atoms with Crippen molar-refractivity contribution < 1.29 is 17.9 Å². The number of nitrogens with zero attached hydrogens (tertiary/aromatic N) is 2. The lowest BCUT2D eigenvalue weighted by Gasteiger charge is -2.08. The number of aromatic nitrogens is 1. The van der Waals surface area contributed by atoms with Gasteiger partial charge in [0.2, 0.25) is 0 Å². The van der Waals surface area contributed by atoms with Crippen molar-refractivity contribution in [2.45, 2.75) is 6.18 Å². The number of hydrogen-bond donors (Lipinski definition) is 1. The molecular formula is C14H11ClF3N3O. The molecule has 0 aliphatic rings. The Bertz CT molecular complexity index is 689. The molecule has 0 spiro atoms. The van der Waals surface area contributed by atoms with Gasteiger partial charge in [-0.05, 0) is 18.2 Å². The lowest BCUT2D eigenvalue weighted by atomic mass is 10.2. The van der Waals surface area contributed by atoms with Crippen molar-refractivity contribution in [3.05, 3.63) is 52.7 Å². The highest BCUT2D eigenvalue weighted by Gasteiger charge is 2.31. The molecule has 1 aromatic heterocycles. The first-order valence-electron chi connectivity index (χ1n) is 6.06. The van der Waals surface area contributed by atoms with E-state index in [1.807, 2.05) is 0 Å². The first-order chi connectivity index (χ1) is 10.4. The fourth-order valence-corrected chi connectivity index (χ4v) is 1.82. The minimum atomic E-state index is -4.49. The first kappa shape index (κ1) is 16.1. The first-order valence-corrected chi connectivity index (χ1v) is 6.44. The number of rotatable bonds is 4. The molecule has 22 heavy (non-hydrogen) atoms. The number of benzene rings is 1. The molecule has 1 aromatic carbocycles. The number of hydrazone groups is 1. The molecule has 1 heterocycles. The SMILES string of the molecule is COc1ccccc1/C=N/Nc1ncc(C(F)(F)F)cc1Cl. The second kappa shape index (κ2) is 6.65. The Kier molecular flexibility index (Phi) is 4.87. The highest BCUT2D eigenvalue weighted by Crippen LogP contribution is 2.32. The van der Waals surface area contributed by atoms with Gasteiger partial charge >= 0.3 is 6.18 Å². The summed E-state index contributed by atoms with van der Waals surface area (Å²) in [7, 11) is 1.52. The molecule has 0 atom stereocenters. The van der Waals surface area contributed by atoms with E-state index >= 15 is 0 Å². The van der Waals surface area contributed by atoms with E-state index in [9.17, 15) is 13.2 Å². The fourth-order valence-electron chi connectivity index (χ4n) is 1.61. The minimum absolute atomic E-state index is 0.0285. The van der Waals surface area contributed by atoms with Gasteiger partial charge in [-0.2, -0.15) is 18.3 Å². The maximum atomic E-state index is 12.5. The Morgan fingerprint density at radius 3 is 2.68 bits per heavy atom. The van der Waals surface area contributed by atoms with E-state index in [0.29, 0.717) is 17.5 Å². The number of ether oxygens (including phenoxy) is 1. The van der Waals surface area contributed by atoms with E-state index in [1.54, 1.807) is 24.3 Å². The molecule has 0 fully saturated rings. The number of nitrogens with one attached hydrogen (secondary N) is 1. The van der Waals surface area contributed by atoms with E-state index in [2.05, 4.69) is 15.5 Å². The van der Waals surface area contributed by atoms with E-state index in [-0.39, 0.29) is 10.8 Å². The van der Waals surface area contributed by atoms with Crippen LogP contribution >= 0.6 is 11.6 Å². The van der Waals surface area contributed by atoms with Crippen LogP contribution in [0.2, 0.25) is 5.02 Å². The van der Waals surface area contributed by atoms with Gasteiger partial charge in [-0.25, -0.2) is 4.98 Å². The van der Waals surface area contributed by atoms with Gasteiger partial charge in [-0.15, -0.1) is 0 Å². The third kappa shape index (κ3) is 3.88. The van der Waals surface area contributed by atoms with Crippen molar-refractivity contribution >= 4 is 23.6 Å². The zero-order valence-electron chi connectivity index (χ0n) is 11.4. The second-order valence-electron chi connectivity index (χ2n) is 4.16. The standard InChI is InChI=1S/C14H11ClF3N3O/c1-22-12-5-3-2-4-9(12)7-20-21-13-11(15)6-10(8-19-13)14(16,17)18/h2-8H,1H3,(H,19,21)/b20-7+. The summed E-state index contributed by atoms with van der Waals surface area (Å²) in [5.41, 5.74) is 2.27. The molecule has 0 aliphatic carbocycles. The molecule has 2 rings (SSSR count). The van der Waals surface area contributed by atoms with Crippen molar-refractivity contribution in [2.75, 3.05) is 12.5 Å². The van der Waals surface area contributed by atoms with Gasteiger partial charge in [-0.3, -0.25) is 5.43 Å². The molecule has 0 saturated heterocycles. The molecule has 8 heteroatoms. The van der Waals surface area contributed by atoms with Crippen molar-refractivity contribution in [1.82, 2.24) is 4.98 Å². The molecule has 0 radical (unpaired) electrons. The zero-order chi connectivity index (χ0) is 16.2. The smallest absolute Gasteiger partial charge is 0.417 e. The fraction of sp³-hybridized carbons (Fsp3) is 0.143. The average Bonchev–Trinajstić information content (AvgIpc) is 2.48. The molecular weight excluding hydrogens is 319 g/mol. The van der Waals surface area contributed by atoms with E-state index in [1.165, 1.54) is 13.3 Å². The Hall–Kier alpha value is -2.28. The summed E-state index contributed by atoms with van der Waals surface area (Å²) in [6.45, 7) is 0. The number of alkyl halides is 3. The minimum Gasteiger partial charge on any atom is -0.496 e. The van der Waals surface area contributed by atoms with Gasteiger partial charge in [0.1, 0.15) is 5.75 Å². The largest absolute Gasteiger partial charge is 0.496 e. The summed E-state index contributed by atoms with van der Waals surface area (Å²) in [5, 5.41) is 3.72. The predicted octanol–water partition coefficient (Wildman–Crippen LogP) is 4.21. The van der Waals surface area contributed by atoms with Crippen molar-refractivity contribution in [2.24, 2.45) is 5.10 Å². The normalized spacial score (nSPS) is 11.7. The molecule has 4 nitrogen and oxygen atoms in total. The van der Waals surface area contributed by atoms with Crippen LogP contribution in [-0.2, 0) is 6.18 Å². The van der Waals surface area contributed by atoms with Crippen LogP contribution in [0, 0.1) is 0 Å². The van der Waals surface area contributed by atoms with E-state index in [4.69, 9.17) is 16.3 Å². The molecule has 0 bridgehead atoms. The zero-order valence-corrected chi connectivity index (χ0v) is 12.1. The number of halogens is 4. The Balaban J connectivity index is 2.13. The van der Waals surface area contributed by atoms with Gasteiger partial charge in [0.25, 0.3) is 0 Å². The van der Waals surface area contributed by atoms with E-state index < -0.39 is 11.7 Å². The average molecular weight is 330 g/mol. The molecule has 0 unspecified atom stereocenters. The highest BCUT2D eigenvalue weighted by atomic mass is 35.5. The maximum absolute atomic E-state index is 12.5. The number of para-hydroxylation sites is 1. The highest BCUT2D eigenvalue weighted by molar-refractivity contribution is 6.32. The molecule has 0 amide bonds. The summed E-state index contributed by atoms with van der Waals surface area (Å²) in [5.74, 6) is 0.639. The summed E-state index contributed by atoms with van der Waals surface area (Å²) < 4.78 is 42.6. The molecule has 116 valence electrons. The van der Waals surface area contributed by atoms with Crippen molar-refractivity contribution in [1.29, 1.82) is 0 Å². The number of anilines is 1. The van der Waals surface area contributed by atoms with Gasteiger partial charge in [-0.1, -0.05) is 23.7 Å². The molecule has 0 saturated carbocycles. The third-order valence-electron chi connectivity index (χ3n) is 2.68. The van der Waals surface area contributed by atoms with Crippen molar-refractivity contribution in [3.63, 3.8) is 0 Å². The maximum Gasteiger partial charge on any atom is 0.417 e. The van der Waals surface area contributed by atoms with Crippen LogP contribution in [0.5, 0.6) is 5.75 Å². The Morgan fingerprint density at radius 1 is 1.32 bits per heavy atom. The van der Waals surface area contributed by atoms with Crippen LogP contribution < -0.4 is 10.2 Å². The van der Waals surface area contributed by atoms with Crippen LogP contribution in [0.25, 0.3) is 0 Å². The van der Waals surface area contributed by atoms with Gasteiger partial charge < -0.3 is 4.74 Å². The molecule has 1 N–H and O–H groups in total. The van der Waals surface area contributed by atoms with Crippen LogP contribution in [0.3, 0.4) is 0 Å². The van der Waals surface area contributed by atoms with E-state index in [0.717, 1.165) is 6.07 Å². The lowest BCUT2D eigenvalue weighted by Crippen LogP contribution is -2.06. The van der Waals surface area contributed by atoms with Gasteiger partial charge in [0, 0.05) is 11.8 Å². The quantitative estimate of drug-likeness (QED) is 0.675. The van der Waals surface area contributed by atoms with Crippen molar-refractivity contribution in [3.8, 4) is 5.75 Å².